The Morgan fingerprint density at radius 3 is 2.86 bits per heavy atom. The number of aromatic nitrogens is 2. The zero-order chi connectivity index (χ0) is 20.4. The van der Waals surface area contributed by atoms with Crippen LogP contribution >= 0.6 is 23.4 Å². The van der Waals surface area contributed by atoms with Gasteiger partial charge in [0.1, 0.15) is 6.61 Å². The van der Waals surface area contributed by atoms with E-state index in [-0.39, 0.29) is 11.2 Å². The fourth-order valence-electron chi connectivity index (χ4n) is 3.26. The molecule has 0 saturated carbocycles. The van der Waals surface area contributed by atoms with Gasteiger partial charge in [-0.25, -0.2) is 0 Å². The van der Waals surface area contributed by atoms with Gasteiger partial charge in [0.25, 0.3) is 0 Å². The molecule has 1 aliphatic heterocycles. The summed E-state index contributed by atoms with van der Waals surface area (Å²) < 4.78 is 11.5. The van der Waals surface area contributed by atoms with Crippen LogP contribution in [-0.2, 0) is 11.4 Å². The van der Waals surface area contributed by atoms with E-state index in [9.17, 15) is 4.79 Å². The van der Waals surface area contributed by atoms with Crippen molar-refractivity contribution >= 4 is 35.1 Å². The van der Waals surface area contributed by atoms with E-state index in [2.05, 4.69) is 15.5 Å². The average molecular weight is 430 g/mol. The molecule has 6 nitrogen and oxygen atoms in total. The minimum atomic E-state index is -0.0584. The molecular weight excluding hydrogens is 410 g/mol. The van der Waals surface area contributed by atoms with E-state index in [1.54, 1.807) is 18.9 Å². The first-order valence-electron chi connectivity index (χ1n) is 9.07. The van der Waals surface area contributed by atoms with Crippen molar-refractivity contribution in [3.8, 4) is 11.5 Å². The van der Waals surface area contributed by atoms with Crippen molar-refractivity contribution in [2.75, 3.05) is 18.2 Å². The van der Waals surface area contributed by atoms with Gasteiger partial charge in [-0.15, -0.1) is 11.8 Å². The molecule has 1 unspecified atom stereocenters. The van der Waals surface area contributed by atoms with Crippen molar-refractivity contribution in [3.05, 3.63) is 69.9 Å². The lowest BCUT2D eigenvalue weighted by Crippen LogP contribution is -2.12. The van der Waals surface area contributed by atoms with Gasteiger partial charge in [0, 0.05) is 21.8 Å². The standard InChI is InChI=1S/C21H20ClN3O3S/c1-12-19-20(29-11-18(26)23-21(19)25-24-12)13-7-8-16(17(9-13)27-2)28-10-14-5-3-4-6-15(14)22/h3-9,20H,10-11H2,1-2H3,(H2,23,24,25,26). The lowest BCUT2D eigenvalue weighted by molar-refractivity contribution is -0.113. The Balaban J connectivity index is 1.62. The highest BCUT2D eigenvalue weighted by atomic mass is 35.5. The van der Waals surface area contributed by atoms with Gasteiger partial charge in [-0.1, -0.05) is 35.9 Å². The van der Waals surface area contributed by atoms with Crippen molar-refractivity contribution in [1.29, 1.82) is 0 Å². The van der Waals surface area contributed by atoms with Crippen LogP contribution in [0.3, 0.4) is 0 Å². The maximum absolute atomic E-state index is 12.0. The number of ether oxygens (including phenoxy) is 2. The molecule has 0 fully saturated rings. The molecule has 2 heterocycles. The van der Waals surface area contributed by atoms with Gasteiger partial charge in [-0.3, -0.25) is 9.89 Å². The van der Waals surface area contributed by atoms with E-state index >= 15 is 0 Å². The van der Waals surface area contributed by atoms with Gasteiger partial charge in [-0.05, 0) is 30.7 Å². The predicted octanol–water partition coefficient (Wildman–Crippen LogP) is 4.73. The molecule has 2 N–H and O–H groups in total. The van der Waals surface area contributed by atoms with E-state index in [1.807, 2.05) is 49.4 Å². The summed E-state index contributed by atoms with van der Waals surface area (Å²) in [4.78, 5) is 12.0. The summed E-state index contributed by atoms with van der Waals surface area (Å²) in [5.74, 6) is 2.14. The predicted molar refractivity (Wildman–Crippen MR) is 115 cm³/mol. The maximum Gasteiger partial charge on any atom is 0.235 e. The van der Waals surface area contributed by atoms with Gasteiger partial charge >= 0.3 is 0 Å². The van der Waals surface area contributed by atoms with Crippen molar-refractivity contribution in [2.24, 2.45) is 0 Å². The Labute approximate surface area is 177 Å². The van der Waals surface area contributed by atoms with Crippen LogP contribution in [0.4, 0.5) is 5.82 Å². The number of amides is 1. The summed E-state index contributed by atoms with van der Waals surface area (Å²) in [6.07, 6.45) is 0. The molecule has 4 rings (SSSR count). The molecule has 1 atom stereocenters. The molecule has 150 valence electrons. The minimum absolute atomic E-state index is 0.0470. The number of carbonyl (C=O) groups is 1. The lowest BCUT2D eigenvalue weighted by atomic mass is 10.0. The molecule has 0 radical (unpaired) electrons. The molecule has 0 bridgehead atoms. The third-order valence-corrected chi connectivity index (χ3v) is 6.37. The maximum atomic E-state index is 12.0. The van der Waals surface area contributed by atoms with Gasteiger partial charge < -0.3 is 14.8 Å². The zero-order valence-corrected chi connectivity index (χ0v) is 17.6. The van der Waals surface area contributed by atoms with Crippen molar-refractivity contribution in [1.82, 2.24) is 10.2 Å². The number of benzene rings is 2. The normalized spacial score (nSPS) is 16.0. The second-order valence-electron chi connectivity index (χ2n) is 6.64. The SMILES string of the molecule is COc1cc(C2SCC(=O)Nc3n[nH]c(C)c32)ccc1OCc1ccccc1Cl. The second-order valence-corrected chi connectivity index (χ2v) is 8.14. The number of aryl methyl sites for hydroxylation is 1. The van der Waals surface area contributed by atoms with E-state index < -0.39 is 0 Å². The summed E-state index contributed by atoms with van der Waals surface area (Å²) in [5, 5.41) is 10.7. The number of thioether (sulfide) groups is 1. The number of methoxy groups -OCH3 is 1. The Morgan fingerprint density at radius 1 is 1.24 bits per heavy atom. The Bertz CT molecular complexity index is 1050. The second kappa shape index (κ2) is 8.39. The number of anilines is 1. The van der Waals surface area contributed by atoms with Crippen molar-refractivity contribution in [2.45, 2.75) is 18.8 Å². The first-order valence-corrected chi connectivity index (χ1v) is 10.5. The first-order chi connectivity index (χ1) is 14.1. The first kappa shape index (κ1) is 19.7. The number of nitrogens with one attached hydrogen (secondary N) is 2. The molecule has 1 aromatic heterocycles. The largest absolute Gasteiger partial charge is 0.493 e. The summed E-state index contributed by atoms with van der Waals surface area (Å²) in [6.45, 7) is 2.30. The molecule has 2 aromatic carbocycles. The number of nitrogens with zero attached hydrogens (tertiary/aromatic N) is 1. The van der Waals surface area contributed by atoms with Gasteiger partial charge in [0.15, 0.2) is 17.3 Å². The summed E-state index contributed by atoms with van der Waals surface area (Å²) >= 11 is 7.77. The van der Waals surface area contributed by atoms with E-state index in [0.29, 0.717) is 34.7 Å². The number of halogens is 1. The number of H-pyrrole nitrogens is 1. The van der Waals surface area contributed by atoms with Crippen LogP contribution in [0.2, 0.25) is 5.02 Å². The summed E-state index contributed by atoms with van der Waals surface area (Å²) in [5.41, 5.74) is 3.83. The highest BCUT2D eigenvalue weighted by Gasteiger charge is 2.28. The molecule has 8 heteroatoms. The van der Waals surface area contributed by atoms with Gasteiger partial charge in [-0.2, -0.15) is 5.10 Å². The molecule has 1 amide bonds. The summed E-state index contributed by atoms with van der Waals surface area (Å²) in [7, 11) is 1.61. The fraction of sp³-hybridized carbons (Fsp3) is 0.238. The van der Waals surface area contributed by atoms with Crippen molar-refractivity contribution in [3.63, 3.8) is 0 Å². The number of aromatic amines is 1. The highest BCUT2D eigenvalue weighted by molar-refractivity contribution is 8.00. The van der Waals surface area contributed by atoms with Crippen LogP contribution in [0.1, 0.15) is 27.6 Å². The molecule has 1 aliphatic rings. The summed E-state index contributed by atoms with van der Waals surface area (Å²) in [6, 6.07) is 13.4. The average Bonchev–Trinajstić information content (AvgIpc) is 2.98. The quantitative estimate of drug-likeness (QED) is 0.613. The Morgan fingerprint density at radius 2 is 2.07 bits per heavy atom. The van der Waals surface area contributed by atoms with Crippen LogP contribution in [0.5, 0.6) is 11.5 Å². The van der Waals surface area contributed by atoms with E-state index in [0.717, 1.165) is 22.4 Å². The van der Waals surface area contributed by atoms with Gasteiger partial charge in [0.2, 0.25) is 5.91 Å². The van der Waals surface area contributed by atoms with Crippen LogP contribution in [0, 0.1) is 6.92 Å². The van der Waals surface area contributed by atoms with E-state index in [4.69, 9.17) is 21.1 Å². The number of hydrogen-bond donors (Lipinski definition) is 2. The fourth-order valence-corrected chi connectivity index (χ4v) is 4.64. The Hall–Kier alpha value is -2.64. The third kappa shape index (κ3) is 4.06. The van der Waals surface area contributed by atoms with Gasteiger partial charge in [0.05, 0.1) is 18.1 Å². The minimum Gasteiger partial charge on any atom is -0.493 e. The highest BCUT2D eigenvalue weighted by Crippen LogP contribution is 2.44. The zero-order valence-electron chi connectivity index (χ0n) is 16.0. The molecule has 0 spiro atoms. The monoisotopic (exact) mass is 429 g/mol. The Kier molecular flexibility index (Phi) is 5.69. The molecule has 0 aliphatic carbocycles. The van der Waals surface area contributed by atoms with Crippen LogP contribution in [0.25, 0.3) is 0 Å². The smallest absolute Gasteiger partial charge is 0.235 e. The van der Waals surface area contributed by atoms with Crippen molar-refractivity contribution < 1.29 is 14.3 Å². The molecule has 29 heavy (non-hydrogen) atoms. The molecule has 3 aromatic rings. The number of hydrogen-bond acceptors (Lipinski definition) is 5. The lowest BCUT2D eigenvalue weighted by Gasteiger charge is -2.18. The van der Waals surface area contributed by atoms with Crippen LogP contribution < -0.4 is 14.8 Å². The third-order valence-electron chi connectivity index (χ3n) is 4.73. The van der Waals surface area contributed by atoms with E-state index in [1.165, 1.54) is 0 Å². The number of fused-ring (bicyclic) bond motifs is 1. The number of rotatable bonds is 5. The topological polar surface area (TPSA) is 76.2 Å². The molecule has 0 saturated heterocycles. The number of carbonyl (C=O) groups excluding carboxylic acids is 1. The van der Waals surface area contributed by atoms with Crippen LogP contribution in [0.15, 0.2) is 42.5 Å². The molecular formula is C21H20ClN3O3S. The van der Waals surface area contributed by atoms with Crippen LogP contribution in [-0.4, -0.2) is 29.0 Å².